The van der Waals surface area contributed by atoms with Crippen LogP contribution >= 0.6 is 15.9 Å². The summed E-state index contributed by atoms with van der Waals surface area (Å²) in [6.07, 6.45) is -0.127. The molecule has 7 nitrogen and oxygen atoms in total. The van der Waals surface area contributed by atoms with Crippen molar-refractivity contribution in [2.24, 2.45) is 0 Å². The molecule has 0 saturated carbocycles. The Bertz CT molecular complexity index is 1040. The first-order chi connectivity index (χ1) is 15.4. The molecule has 2 aromatic rings. The molecule has 3 aliphatic rings. The molecule has 0 aliphatic carbocycles. The smallest absolute Gasteiger partial charge is 0.265 e. The van der Waals surface area contributed by atoms with Crippen LogP contribution in [-0.2, 0) is 22.5 Å². The molecule has 1 aromatic heterocycles. The Morgan fingerprint density at radius 2 is 2.00 bits per heavy atom. The first-order valence-corrected chi connectivity index (χ1v) is 11.7. The van der Waals surface area contributed by atoms with Crippen LogP contribution in [0.15, 0.2) is 16.6 Å². The minimum absolute atomic E-state index is 0.0201. The molecule has 32 heavy (non-hydrogen) atoms. The zero-order chi connectivity index (χ0) is 22.4. The second kappa shape index (κ2) is 8.62. The van der Waals surface area contributed by atoms with Crippen LogP contribution in [-0.4, -0.2) is 53.5 Å². The van der Waals surface area contributed by atoms with Crippen molar-refractivity contribution in [3.8, 4) is 5.75 Å². The average molecular weight is 511 g/mol. The maximum atomic E-state index is 13.6. The second-order valence-corrected chi connectivity index (χ2v) is 9.22. The van der Waals surface area contributed by atoms with Gasteiger partial charge in [-0.15, -0.1) is 0 Å². The Kier molecular flexibility index (Phi) is 5.83. The van der Waals surface area contributed by atoms with Crippen LogP contribution in [0.2, 0.25) is 0 Å². The Labute approximate surface area is 193 Å². The summed E-state index contributed by atoms with van der Waals surface area (Å²) >= 11 is 3.24. The summed E-state index contributed by atoms with van der Waals surface area (Å²) < 4.78 is 41.0. The second-order valence-electron chi connectivity index (χ2n) is 8.37. The van der Waals surface area contributed by atoms with Gasteiger partial charge in [0.25, 0.3) is 6.43 Å². The van der Waals surface area contributed by atoms with Gasteiger partial charge in [0, 0.05) is 54.4 Å². The fourth-order valence-corrected chi connectivity index (χ4v) is 5.28. The maximum absolute atomic E-state index is 13.6. The maximum Gasteiger partial charge on any atom is 0.265 e. The largest absolute Gasteiger partial charge is 0.489 e. The third-order valence-corrected chi connectivity index (χ3v) is 7.17. The number of carbonyl (C=O) groups excluding carboxylic acids is 1. The summed E-state index contributed by atoms with van der Waals surface area (Å²) in [5.41, 5.74) is 2.62. The molecular formula is C22H25BrF2N4O3. The lowest BCUT2D eigenvalue weighted by atomic mass is 10.0. The molecule has 5 rings (SSSR count). The molecule has 4 heterocycles. The van der Waals surface area contributed by atoms with Gasteiger partial charge < -0.3 is 19.3 Å². The van der Waals surface area contributed by atoms with Gasteiger partial charge in [0.1, 0.15) is 12.4 Å². The molecule has 0 unspecified atom stereocenters. The van der Waals surface area contributed by atoms with Crippen molar-refractivity contribution in [3.63, 3.8) is 0 Å². The minimum Gasteiger partial charge on any atom is -0.489 e. The lowest BCUT2D eigenvalue weighted by molar-refractivity contribution is -0.129. The monoisotopic (exact) mass is 510 g/mol. The first-order valence-electron chi connectivity index (χ1n) is 10.9. The molecule has 0 radical (unpaired) electrons. The van der Waals surface area contributed by atoms with E-state index in [9.17, 15) is 13.6 Å². The standard InChI is InChI=1S/C22H25BrF2N4O3/c1-13(30)27-5-2-18-16(12-27)22(26-29(18)14-3-7-31-8-4-14)28-6-9-32-20-11-17(23)15(21(24)25)10-19(20)28/h10-11,14,21H,2-9,12H2,1H3. The number of ether oxygens (including phenoxy) is 2. The zero-order valence-electron chi connectivity index (χ0n) is 17.8. The van der Waals surface area contributed by atoms with Crippen molar-refractivity contribution in [1.82, 2.24) is 14.7 Å². The molecule has 1 amide bonds. The number of alkyl halides is 2. The highest BCUT2D eigenvalue weighted by molar-refractivity contribution is 9.10. The quantitative estimate of drug-likeness (QED) is 0.613. The lowest BCUT2D eigenvalue weighted by Gasteiger charge is -2.33. The van der Waals surface area contributed by atoms with Crippen molar-refractivity contribution in [2.75, 3.05) is 37.8 Å². The van der Waals surface area contributed by atoms with E-state index < -0.39 is 6.43 Å². The fourth-order valence-electron chi connectivity index (χ4n) is 4.79. The highest BCUT2D eigenvalue weighted by Crippen LogP contribution is 2.44. The van der Waals surface area contributed by atoms with Gasteiger partial charge in [0.15, 0.2) is 5.82 Å². The van der Waals surface area contributed by atoms with E-state index in [0.29, 0.717) is 55.4 Å². The summed E-state index contributed by atoms with van der Waals surface area (Å²) in [5, 5.41) is 5.02. The van der Waals surface area contributed by atoms with Gasteiger partial charge in [0.2, 0.25) is 5.91 Å². The number of rotatable bonds is 3. The van der Waals surface area contributed by atoms with E-state index in [1.165, 1.54) is 6.07 Å². The molecule has 10 heteroatoms. The van der Waals surface area contributed by atoms with Crippen molar-refractivity contribution >= 4 is 33.3 Å². The van der Waals surface area contributed by atoms with Gasteiger partial charge in [-0.25, -0.2) is 8.78 Å². The Morgan fingerprint density at radius 1 is 1.22 bits per heavy atom. The van der Waals surface area contributed by atoms with Gasteiger partial charge in [-0.2, -0.15) is 5.10 Å². The van der Waals surface area contributed by atoms with E-state index >= 15 is 0 Å². The highest BCUT2D eigenvalue weighted by atomic mass is 79.9. The van der Waals surface area contributed by atoms with Gasteiger partial charge in [0.05, 0.1) is 24.8 Å². The van der Waals surface area contributed by atoms with Crippen molar-refractivity contribution < 1.29 is 23.0 Å². The van der Waals surface area contributed by atoms with E-state index in [-0.39, 0.29) is 17.5 Å². The molecule has 0 atom stereocenters. The van der Waals surface area contributed by atoms with E-state index in [4.69, 9.17) is 14.6 Å². The SMILES string of the molecule is CC(=O)N1CCc2c(c(N3CCOc4cc(Br)c(C(F)F)cc43)nn2C2CCOCC2)C1. The normalized spacial score (nSPS) is 19.0. The summed E-state index contributed by atoms with van der Waals surface area (Å²) in [6, 6.07) is 3.32. The number of anilines is 2. The van der Waals surface area contributed by atoms with Crippen molar-refractivity contribution in [1.29, 1.82) is 0 Å². The van der Waals surface area contributed by atoms with Crippen LogP contribution in [0.1, 0.15) is 49.1 Å². The number of nitrogens with zero attached hydrogens (tertiary/aromatic N) is 4. The third-order valence-electron chi connectivity index (χ3n) is 6.48. The Balaban J connectivity index is 1.62. The van der Waals surface area contributed by atoms with Crippen LogP contribution in [0.3, 0.4) is 0 Å². The van der Waals surface area contributed by atoms with Crippen molar-refractivity contribution in [3.05, 3.63) is 33.4 Å². The number of hydrogen-bond donors (Lipinski definition) is 0. The number of aromatic nitrogens is 2. The average Bonchev–Trinajstić information content (AvgIpc) is 3.17. The number of amides is 1. The molecular weight excluding hydrogens is 486 g/mol. The van der Waals surface area contributed by atoms with Crippen LogP contribution < -0.4 is 9.64 Å². The number of fused-ring (bicyclic) bond motifs is 2. The van der Waals surface area contributed by atoms with Gasteiger partial charge in [-0.1, -0.05) is 15.9 Å². The summed E-state index contributed by atoms with van der Waals surface area (Å²) in [7, 11) is 0. The Morgan fingerprint density at radius 3 is 2.72 bits per heavy atom. The van der Waals surface area contributed by atoms with Gasteiger partial charge in [-0.3, -0.25) is 9.48 Å². The van der Waals surface area contributed by atoms with E-state index in [1.807, 2.05) is 9.80 Å². The highest BCUT2D eigenvalue weighted by Gasteiger charge is 2.34. The van der Waals surface area contributed by atoms with Gasteiger partial charge >= 0.3 is 0 Å². The third kappa shape index (κ3) is 3.77. The molecule has 0 N–H and O–H groups in total. The lowest BCUT2D eigenvalue weighted by Crippen LogP contribution is -2.36. The number of carbonyl (C=O) groups is 1. The van der Waals surface area contributed by atoms with Crippen molar-refractivity contribution in [2.45, 2.75) is 45.2 Å². The molecule has 1 fully saturated rings. The first kappa shape index (κ1) is 21.6. The molecule has 172 valence electrons. The molecule has 3 aliphatic heterocycles. The number of halogens is 3. The summed E-state index contributed by atoms with van der Waals surface area (Å²) in [4.78, 5) is 15.9. The van der Waals surface area contributed by atoms with Crippen LogP contribution in [0.25, 0.3) is 0 Å². The van der Waals surface area contributed by atoms with E-state index in [0.717, 1.165) is 36.3 Å². The number of benzene rings is 1. The summed E-state index contributed by atoms with van der Waals surface area (Å²) in [5.74, 6) is 1.29. The van der Waals surface area contributed by atoms with Crippen LogP contribution in [0.5, 0.6) is 5.75 Å². The molecule has 0 spiro atoms. The minimum atomic E-state index is -2.61. The fraction of sp³-hybridized carbons (Fsp3) is 0.545. The zero-order valence-corrected chi connectivity index (χ0v) is 19.4. The Hall–Kier alpha value is -2.20. The summed E-state index contributed by atoms with van der Waals surface area (Å²) in [6.45, 7) is 5.00. The van der Waals surface area contributed by atoms with E-state index in [1.54, 1.807) is 13.0 Å². The molecule has 1 aromatic carbocycles. The predicted molar refractivity (Wildman–Crippen MR) is 118 cm³/mol. The molecule has 1 saturated heterocycles. The van der Waals surface area contributed by atoms with E-state index in [2.05, 4.69) is 20.6 Å². The van der Waals surface area contributed by atoms with Gasteiger partial charge in [-0.05, 0) is 25.0 Å². The molecule has 0 bridgehead atoms. The number of hydrogen-bond acceptors (Lipinski definition) is 5. The predicted octanol–water partition coefficient (Wildman–Crippen LogP) is 4.37. The van der Waals surface area contributed by atoms with Crippen LogP contribution in [0.4, 0.5) is 20.3 Å². The van der Waals surface area contributed by atoms with Crippen LogP contribution in [0, 0.1) is 0 Å². The topological polar surface area (TPSA) is 59.8 Å².